The number of para-hydroxylation sites is 2. The Bertz CT molecular complexity index is 4090. The molecule has 0 saturated carbocycles. The average molecular weight is 1090 g/mol. The van der Waals surface area contributed by atoms with Crippen LogP contribution in [-0.4, -0.2) is 14.5 Å². The van der Waals surface area contributed by atoms with Crippen molar-refractivity contribution in [3.8, 4) is 72.7 Å². The Morgan fingerprint density at radius 1 is 0.333 bits per heavy atom. The van der Waals surface area contributed by atoms with Crippen molar-refractivity contribution in [3.05, 3.63) is 263 Å². The maximum absolute atomic E-state index is 5.33. The maximum atomic E-state index is 5.33. The van der Waals surface area contributed by atoms with Crippen LogP contribution < -0.4 is 4.90 Å². The molecule has 0 N–H and O–H groups in total. The van der Waals surface area contributed by atoms with Gasteiger partial charge in [0.1, 0.15) is 0 Å². The van der Waals surface area contributed by atoms with Gasteiger partial charge in [0.05, 0.1) is 28.1 Å². The molecule has 0 unspecified atom stereocenters. The summed E-state index contributed by atoms with van der Waals surface area (Å²) in [7, 11) is 0. The van der Waals surface area contributed by atoms with E-state index in [-0.39, 0.29) is 23.7 Å². The number of aryl methyl sites for hydroxylation is 4. The average Bonchev–Trinajstić information content (AvgIpc) is 4.00. The highest BCUT2D eigenvalue weighted by atomic mass is 15.1. The quantitative estimate of drug-likeness (QED) is 0.109. The molecule has 12 rings (SSSR count). The normalized spacial score (nSPS) is 11.8. The second kappa shape index (κ2) is 22.9. The molecule has 0 spiro atoms. The van der Waals surface area contributed by atoms with E-state index in [1.54, 1.807) is 0 Å². The fraction of sp³-hybridized carbons (Fsp3) is 0.200. The number of fused-ring (bicyclic) bond motifs is 3. The summed E-state index contributed by atoms with van der Waals surface area (Å²) < 4.78 is 2.45. The smallest absolute Gasteiger partial charge is 0.0709 e. The van der Waals surface area contributed by atoms with Gasteiger partial charge in [0.25, 0.3) is 0 Å². The van der Waals surface area contributed by atoms with E-state index in [1.807, 2.05) is 0 Å². The van der Waals surface area contributed by atoms with E-state index in [4.69, 9.17) is 9.97 Å². The van der Waals surface area contributed by atoms with E-state index >= 15 is 0 Å². The Hall–Kier alpha value is -9.12. The maximum Gasteiger partial charge on any atom is 0.0709 e. The molecule has 0 saturated heterocycles. The molecular weight excluding hydrogens is 1020 g/mol. The van der Waals surface area contributed by atoms with Gasteiger partial charge in [0, 0.05) is 51.4 Å². The van der Waals surface area contributed by atoms with E-state index in [0.717, 1.165) is 78.6 Å². The first-order valence-corrected chi connectivity index (χ1v) is 30.1. The van der Waals surface area contributed by atoms with E-state index < -0.39 is 0 Å². The van der Waals surface area contributed by atoms with E-state index in [2.05, 4.69) is 311 Å². The van der Waals surface area contributed by atoms with Gasteiger partial charge < -0.3 is 9.47 Å². The lowest BCUT2D eigenvalue weighted by Crippen LogP contribution is -2.15. The van der Waals surface area contributed by atoms with Crippen molar-refractivity contribution in [2.45, 2.75) is 107 Å². The largest absolute Gasteiger partial charge is 0.310 e. The number of hydrogen-bond acceptors (Lipinski definition) is 3. The first kappa shape index (κ1) is 55.4. The van der Waals surface area contributed by atoms with Crippen LogP contribution >= 0.6 is 0 Å². The van der Waals surface area contributed by atoms with Crippen LogP contribution in [-0.2, 0) is 0 Å². The summed E-state index contributed by atoms with van der Waals surface area (Å²) in [5, 5.41) is 2.49. The van der Waals surface area contributed by atoms with Crippen LogP contribution in [0.5, 0.6) is 0 Å². The van der Waals surface area contributed by atoms with Crippen molar-refractivity contribution >= 4 is 38.9 Å². The minimum absolute atomic E-state index is 0.278. The predicted octanol–water partition coefficient (Wildman–Crippen LogP) is 22.8. The summed E-state index contributed by atoms with van der Waals surface area (Å²) >= 11 is 0. The van der Waals surface area contributed by atoms with Crippen LogP contribution in [0.4, 0.5) is 17.1 Å². The Labute approximate surface area is 498 Å². The number of hydrogen-bond donors (Lipinski definition) is 0. The van der Waals surface area contributed by atoms with Gasteiger partial charge in [-0.3, -0.25) is 9.97 Å². The molecular formula is C80H76N4. The van der Waals surface area contributed by atoms with Gasteiger partial charge in [-0.1, -0.05) is 189 Å². The Morgan fingerprint density at radius 2 is 0.690 bits per heavy atom. The minimum atomic E-state index is 0.278. The standard InChI is InChI=1S/C80H76N4/c1-49(2)66-31-23-32-67(50(3)4)78(66)61-39-59(74-45-72(55(11)47-81-74)57-25-15-13-16-26-57)41-64(43-61)83(80-53(9)37-63(38-54(80)10)84-76-35-21-19-29-70(76)71-30-20-22-36-77(71)84)65-42-60(75-46-73(56(12)48-82-75)58-27-17-14-18-28-58)40-62(44-65)79-68(51(5)6)33-24-34-69(79)52(7)8/h13-52H,1-12H3. The minimum Gasteiger partial charge on any atom is -0.310 e. The molecule has 0 amide bonds. The molecule has 0 atom stereocenters. The van der Waals surface area contributed by atoms with Crippen LogP contribution in [0.2, 0.25) is 0 Å². The third kappa shape index (κ3) is 10.3. The zero-order chi connectivity index (χ0) is 58.5. The predicted molar refractivity (Wildman–Crippen MR) is 359 cm³/mol. The third-order valence-electron chi connectivity index (χ3n) is 17.2. The van der Waals surface area contributed by atoms with Gasteiger partial charge in [-0.2, -0.15) is 0 Å². The molecule has 4 nitrogen and oxygen atoms in total. The van der Waals surface area contributed by atoms with E-state index in [9.17, 15) is 0 Å². The molecule has 0 aliphatic heterocycles. The molecule has 0 aliphatic carbocycles. The van der Waals surface area contributed by atoms with Gasteiger partial charge in [0.2, 0.25) is 0 Å². The molecule has 0 bridgehead atoms. The summed E-state index contributed by atoms with van der Waals surface area (Å²) in [5.74, 6) is 1.11. The van der Waals surface area contributed by atoms with Crippen molar-refractivity contribution in [2.75, 3.05) is 4.90 Å². The van der Waals surface area contributed by atoms with Crippen molar-refractivity contribution in [1.82, 2.24) is 14.5 Å². The molecule has 3 aromatic heterocycles. The lowest BCUT2D eigenvalue weighted by molar-refractivity contribution is 0.838. The fourth-order valence-electron chi connectivity index (χ4n) is 13.1. The second-order valence-corrected chi connectivity index (χ2v) is 24.4. The van der Waals surface area contributed by atoms with Crippen molar-refractivity contribution in [3.63, 3.8) is 0 Å². The molecule has 84 heavy (non-hydrogen) atoms. The second-order valence-electron chi connectivity index (χ2n) is 24.4. The van der Waals surface area contributed by atoms with Gasteiger partial charge in [-0.25, -0.2) is 0 Å². The van der Waals surface area contributed by atoms with Crippen molar-refractivity contribution in [2.24, 2.45) is 0 Å². The third-order valence-corrected chi connectivity index (χ3v) is 17.2. The zero-order valence-electron chi connectivity index (χ0n) is 50.9. The fourth-order valence-corrected chi connectivity index (χ4v) is 13.1. The van der Waals surface area contributed by atoms with Crippen LogP contribution in [0.25, 0.3) is 94.5 Å². The highest BCUT2D eigenvalue weighted by molar-refractivity contribution is 6.09. The van der Waals surface area contributed by atoms with Crippen LogP contribution in [0, 0.1) is 27.7 Å². The van der Waals surface area contributed by atoms with Gasteiger partial charge in [-0.05, 0) is 213 Å². The number of nitrogens with zero attached hydrogens (tertiary/aromatic N) is 4. The highest BCUT2D eigenvalue weighted by Gasteiger charge is 2.27. The molecule has 0 aliphatic rings. The summed E-state index contributed by atoms with van der Waals surface area (Å²) in [6, 6.07) is 76.9. The van der Waals surface area contributed by atoms with Crippen molar-refractivity contribution < 1.29 is 0 Å². The first-order valence-electron chi connectivity index (χ1n) is 30.1. The van der Waals surface area contributed by atoms with Gasteiger partial charge >= 0.3 is 0 Å². The van der Waals surface area contributed by atoms with Gasteiger partial charge in [0.15, 0.2) is 0 Å². The Morgan fingerprint density at radius 3 is 1.07 bits per heavy atom. The molecule has 4 heteroatoms. The summed E-state index contributed by atoms with van der Waals surface area (Å²) in [4.78, 5) is 13.2. The molecule has 0 fully saturated rings. The summed E-state index contributed by atoms with van der Waals surface area (Å²) in [6.45, 7) is 27.6. The molecule has 416 valence electrons. The monoisotopic (exact) mass is 1090 g/mol. The van der Waals surface area contributed by atoms with Crippen LogP contribution in [0.3, 0.4) is 0 Å². The van der Waals surface area contributed by atoms with Gasteiger partial charge in [-0.15, -0.1) is 0 Å². The van der Waals surface area contributed by atoms with Crippen LogP contribution in [0.1, 0.15) is 124 Å². The van der Waals surface area contributed by atoms with Crippen LogP contribution in [0.15, 0.2) is 219 Å². The first-order chi connectivity index (χ1) is 40.6. The lowest BCUT2D eigenvalue weighted by atomic mass is 9.83. The number of aromatic nitrogens is 3. The topological polar surface area (TPSA) is 34.0 Å². The number of benzene rings is 9. The van der Waals surface area contributed by atoms with E-state index in [1.165, 1.54) is 77.4 Å². The summed E-state index contributed by atoms with van der Waals surface area (Å²) in [6.07, 6.45) is 4.11. The number of anilines is 3. The molecule has 0 radical (unpaired) electrons. The number of pyridine rings is 2. The lowest BCUT2D eigenvalue weighted by Gasteiger charge is -2.32. The Balaban J connectivity index is 1.21. The van der Waals surface area contributed by atoms with E-state index in [0.29, 0.717) is 0 Å². The number of rotatable bonds is 14. The molecule has 9 aromatic carbocycles. The highest BCUT2D eigenvalue weighted by Crippen LogP contribution is 2.49. The SMILES string of the molecule is Cc1cnc(-c2cc(-c3c(C(C)C)cccc3C(C)C)cc(N(c3cc(-c4cc(-c5ccccc5)c(C)cn4)cc(-c4c(C(C)C)cccc4C(C)C)c3)c3c(C)cc(-n4c5ccccc5c5ccccc54)cc3C)c2)cc1-c1ccccc1. The summed E-state index contributed by atoms with van der Waals surface area (Å²) in [5.41, 5.74) is 30.1. The zero-order valence-corrected chi connectivity index (χ0v) is 50.9. The molecule has 3 heterocycles. The Kier molecular flexibility index (Phi) is 15.1. The van der Waals surface area contributed by atoms with Crippen molar-refractivity contribution in [1.29, 1.82) is 0 Å². The molecule has 12 aromatic rings.